The van der Waals surface area contributed by atoms with E-state index in [4.69, 9.17) is 5.73 Å². The third kappa shape index (κ3) is 1.57. The van der Waals surface area contributed by atoms with Crippen LogP contribution in [0.15, 0.2) is 12.1 Å². The number of aromatic amines is 1. The number of imidazole rings is 1. The Morgan fingerprint density at radius 3 is 2.75 bits per heavy atom. The van der Waals surface area contributed by atoms with Gasteiger partial charge in [-0.25, -0.2) is 13.8 Å². The number of nitrogens with zero attached hydrogens (tertiary/aromatic N) is 1. The maximum atomic E-state index is 13.4. The van der Waals surface area contributed by atoms with Crippen molar-refractivity contribution in [3.05, 3.63) is 29.6 Å². The van der Waals surface area contributed by atoms with E-state index < -0.39 is 17.2 Å². The van der Waals surface area contributed by atoms with Crippen LogP contribution in [0.25, 0.3) is 11.0 Å². The smallest absolute Gasteiger partial charge is 0.186 e. The highest BCUT2D eigenvalue weighted by molar-refractivity contribution is 5.76. The van der Waals surface area contributed by atoms with E-state index in [0.717, 1.165) is 6.07 Å². The van der Waals surface area contributed by atoms with Crippen molar-refractivity contribution in [1.29, 1.82) is 0 Å². The molecular formula is C11H13F2N3. The first-order valence-electron chi connectivity index (χ1n) is 5.09. The molecule has 0 fully saturated rings. The minimum atomic E-state index is -0.938. The molecule has 0 saturated carbocycles. The number of nitrogens with one attached hydrogen (secondary N) is 1. The SMILES string of the molecule is CCC(C)(N)c1nc2c(F)c(F)ccc2[nH]1. The number of halogens is 2. The molecular weight excluding hydrogens is 212 g/mol. The fraction of sp³-hybridized carbons (Fsp3) is 0.364. The minimum Gasteiger partial charge on any atom is -0.340 e. The first kappa shape index (κ1) is 11.0. The molecule has 1 aromatic carbocycles. The standard InChI is InChI=1S/C11H13F2N3/c1-3-11(2,14)10-15-7-5-4-6(12)8(13)9(7)16-10/h4-5H,3,14H2,1-2H3,(H,15,16). The maximum absolute atomic E-state index is 13.4. The summed E-state index contributed by atoms with van der Waals surface area (Å²) in [6, 6.07) is 2.52. The van der Waals surface area contributed by atoms with E-state index in [1.807, 2.05) is 6.92 Å². The van der Waals surface area contributed by atoms with Gasteiger partial charge in [0, 0.05) is 0 Å². The molecule has 0 aliphatic heterocycles. The summed E-state index contributed by atoms with van der Waals surface area (Å²) >= 11 is 0. The molecule has 0 bridgehead atoms. The number of rotatable bonds is 2. The summed E-state index contributed by atoms with van der Waals surface area (Å²) in [4.78, 5) is 6.93. The van der Waals surface area contributed by atoms with Crippen molar-refractivity contribution in [2.45, 2.75) is 25.8 Å². The molecule has 0 spiro atoms. The normalized spacial score (nSPS) is 15.3. The number of hydrogen-bond donors (Lipinski definition) is 2. The molecule has 1 aromatic heterocycles. The van der Waals surface area contributed by atoms with E-state index in [0.29, 0.717) is 17.8 Å². The molecule has 2 aromatic rings. The quantitative estimate of drug-likeness (QED) is 0.824. The van der Waals surface area contributed by atoms with Crippen LogP contribution in [0.5, 0.6) is 0 Å². The Bertz CT molecular complexity index is 531. The van der Waals surface area contributed by atoms with Crippen molar-refractivity contribution in [2.75, 3.05) is 0 Å². The first-order valence-corrected chi connectivity index (χ1v) is 5.09. The van der Waals surface area contributed by atoms with Gasteiger partial charge in [0.05, 0.1) is 11.1 Å². The Kier molecular flexibility index (Phi) is 2.42. The molecule has 0 saturated heterocycles. The zero-order valence-corrected chi connectivity index (χ0v) is 9.14. The molecule has 3 nitrogen and oxygen atoms in total. The van der Waals surface area contributed by atoms with Crippen LogP contribution in [0.2, 0.25) is 0 Å². The third-order valence-electron chi connectivity index (χ3n) is 2.82. The molecule has 16 heavy (non-hydrogen) atoms. The summed E-state index contributed by atoms with van der Waals surface area (Å²) in [7, 11) is 0. The maximum Gasteiger partial charge on any atom is 0.186 e. The van der Waals surface area contributed by atoms with E-state index >= 15 is 0 Å². The summed E-state index contributed by atoms with van der Waals surface area (Å²) in [6.07, 6.45) is 0.650. The van der Waals surface area contributed by atoms with Gasteiger partial charge in [0.15, 0.2) is 11.6 Å². The lowest BCUT2D eigenvalue weighted by Crippen LogP contribution is -2.33. The van der Waals surface area contributed by atoms with Gasteiger partial charge in [-0.15, -0.1) is 0 Å². The highest BCUT2D eigenvalue weighted by atomic mass is 19.2. The van der Waals surface area contributed by atoms with Gasteiger partial charge in [-0.05, 0) is 25.5 Å². The summed E-state index contributed by atoms with van der Waals surface area (Å²) in [5, 5.41) is 0. The predicted octanol–water partition coefficient (Wildman–Crippen LogP) is 2.42. The van der Waals surface area contributed by atoms with E-state index in [1.54, 1.807) is 6.92 Å². The lowest BCUT2D eigenvalue weighted by Gasteiger charge is -2.19. The van der Waals surface area contributed by atoms with Crippen molar-refractivity contribution >= 4 is 11.0 Å². The fourth-order valence-electron chi connectivity index (χ4n) is 1.46. The summed E-state index contributed by atoms with van der Waals surface area (Å²) in [5.41, 5.74) is 5.77. The van der Waals surface area contributed by atoms with E-state index in [-0.39, 0.29) is 5.52 Å². The number of benzene rings is 1. The van der Waals surface area contributed by atoms with Crippen molar-refractivity contribution < 1.29 is 8.78 Å². The molecule has 1 heterocycles. The number of H-pyrrole nitrogens is 1. The Labute approximate surface area is 91.7 Å². The lowest BCUT2D eigenvalue weighted by molar-refractivity contribution is 0.450. The van der Waals surface area contributed by atoms with Gasteiger partial charge in [0.2, 0.25) is 0 Å². The van der Waals surface area contributed by atoms with Crippen molar-refractivity contribution in [3.8, 4) is 0 Å². The average molecular weight is 225 g/mol. The topological polar surface area (TPSA) is 54.7 Å². The van der Waals surface area contributed by atoms with E-state index in [2.05, 4.69) is 9.97 Å². The second kappa shape index (κ2) is 3.52. The van der Waals surface area contributed by atoms with Crippen molar-refractivity contribution in [2.24, 2.45) is 5.73 Å². The minimum absolute atomic E-state index is 0.000116. The molecule has 5 heteroatoms. The molecule has 0 amide bonds. The van der Waals surface area contributed by atoms with E-state index in [9.17, 15) is 8.78 Å². The Balaban J connectivity index is 2.65. The van der Waals surface area contributed by atoms with Gasteiger partial charge < -0.3 is 10.7 Å². The number of nitrogens with two attached hydrogens (primary N) is 1. The molecule has 2 rings (SSSR count). The van der Waals surface area contributed by atoms with Crippen LogP contribution in [0.1, 0.15) is 26.1 Å². The predicted molar refractivity (Wildman–Crippen MR) is 57.8 cm³/mol. The summed E-state index contributed by atoms with van der Waals surface area (Å²) in [5.74, 6) is -1.37. The van der Waals surface area contributed by atoms with Crippen LogP contribution >= 0.6 is 0 Å². The zero-order valence-electron chi connectivity index (χ0n) is 9.14. The summed E-state index contributed by atoms with van der Waals surface area (Å²) in [6.45, 7) is 3.70. The van der Waals surface area contributed by atoms with Gasteiger partial charge in [-0.3, -0.25) is 0 Å². The van der Waals surface area contributed by atoms with Crippen LogP contribution in [-0.4, -0.2) is 9.97 Å². The zero-order chi connectivity index (χ0) is 11.9. The molecule has 0 radical (unpaired) electrons. The number of fused-ring (bicyclic) bond motifs is 1. The first-order chi connectivity index (χ1) is 7.45. The van der Waals surface area contributed by atoms with Crippen LogP contribution in [-0.2, 0) is 5.54 Å². The van der Waals surface area contributed by atoms with Crippen LogP contribution < -0.4 is 5.73 Å². The van der Waals surface area contributed by atoms with Gasteiger partial charge in [0.25, 0.3) is 0 Å². The Morgan fingerprint density at radius 1 is 1.44 bits per heavy atom. The second-order valence-electron chi connectivity index (χ2n) is 4.11. The molecule has 3 N–H and O–H groups in total. The molecule has 0 aliphatic carbocycles. The highest BCUT2D eigenvalue weighted by Crippen LogP contribution is 2.24. The molecule has 1 unspecified atom stereocenters. The lowest BCUT2D eigenvalue weighted by atomic mass is 10.0. The number of aromatic nitrogens is 2. The van der Waals surface area contributed by atoms with Crippen LogP contribution in [0.4, 0.5) is 8.78 Å². The van der Waals surface area contributed by atoms with Crippen LogP contribution in [0, 0.1) is 11.6 Å². The molecule has 86 valence electrons. The third-order valence-corrected chi connectivity index (χ3v) is 2.82. The monoisotopic (exact) mass is 225 g/mol. The highest BCUT2D eigenvalue weighted by Gasteiger charge is 2.24. The van der Waals surface area contributed by atoms with Crippen molar-refractivity contribution in [1.82, 2.24) is 9.97 Å². The van der Waals surface area contributed by atoms with Crippen molar-refractivity contribution in [3.63, 3.8) is 0 Å². The van der Waals surface area contributed by atoms with Gasteiger partial charge >= 0.3 is 0 Å². The van der Waals surface area contributed by atoms with Crippen LogP contribution in [0.3, 0.4) is 0 Å². The summed E-state index contributed by atoms with van der Waals surface area (Å²) < 4.78 is 26.4. The van der Waals surface area contributed by atoms with E-state index in [1.165, 1.54) is 6.07 Å². The molecule has 1 atom stereocenters. The van der Waals surface area contributed by atoms with Gasteiger partial charge in [-0.2, -0.15) is 0 Å². The fourth-order valence-corrected chi connectivity index (χ4v) is 1.46. The Hall–Kier alpha value is -1.49. The van der Waals surface area contributed by atoms with Gasteiger partial charge in [0.1, 0.15) is 11.3 Å². The molecule has 0 aliphatic rings. The number of hydrogen-bond acceptors (Lipinski definition) is 2. The average Bonchev–Trinajstić information content (AvgIpc) is 2.69. The largest absolute Gasteiger partial charge is 0.340 e. The van der Waals surface area contributed by atoms with Gasteiger partial charge in [-0.1, -0.05) is 6.92 Å². The Morgan fingerprint density at radius 2 is 2.12 bits per heavy atom. The second-order valence-corrected chi connectivity index (χ2v) is 4.11.